The Morgan fingerprint density at radius 2 is 1.63 bits per heavy atom. The van der Waals surface area contributed by atoms with Crippen LogP contribution in [-0.2, 0) is 9.59 Å². The van der Waals surface area contributed by atoms with Crippen molar-refractivity contribution in [1.29, 1.82) is 0 Å². The van der Waals surface area contributed by atoms with Crippen molar-refractivity contribution in [3.05, 3.63) is 89.2 Å². The molecule has 0 radical (unpaired) electrons. The molecule has 1 unspecified atom stereocenters. The maximum Gasteiger partial charge on any atom is 0.280 e. The number of hydrogen-bond donors (Lipinski definition) is 1. The van der Waals surface area contributed by atoms with Crippen molar-refractivity contribution >= 4 is 39.9 Å². The van der Waals surface area contributed by atoms with E-state index in [9.17, 15) is 14.4 Å². The zero-order chi connectivity index (χ0) is 24.9. The third-order valence-electron chi connectivity index (χ3n) is 6.29. The molecular formula is C28H24N2O5. The largest absolute Gasteiger partial charge is 0.465 e. The molecule has 0 saturated heterocycles. The van der Waals surface area contributed by atoms with Crippen LogP contribution in [0.2, 0.25) is 0 Å². The fourth-order valence-electron chi connectivity index (χ4n) is 4.21. The van der Waals surface area contributed by atoms with Gasteiger partial charge in [0.05, 0.1) is 11.4 Å². The molecule has 0 aliphatic carbocycles. The molecule has 2 amide bonds. The lowest BCUT2D eigenvalue weighted by atomic mass is 9.99. The van der Waals surface area contributed by atoms with Crippen molar-refractivity contribution in [2.45, 2.75) is 26.4 Å². The number of likely N-dealkylation sites (N-methyl/N-ethyl adjacent to an activating group) is 1. The van der Waals surface area contributed by atoms with Crippen LogP contribution in [0.25, 0.3) is 11.0 Å². The number of hydrogen-bond acceptors (Lipinski definition) is 5. The van der Waals surface area contributed by atoms with Gasteiger partial charge in [0.25, 0.3) is 17.4 Å². The molecule has 1 atom stereocenters. The molecule has 4 aromatic rings. The van der Waals surface area contributed by atoms with E-state index in [0.717, 1.165) is 11.1 Å². The number of ether oxygens (including phenoxy) is 1. The summed E-state index contributed by atoms with van der Waals surface area (Å²) in [5.74, 6) is -1.20. The monoisotopic (exact) mass is 468 g/mol. The number of rotatable bonds is 4. The Labute approximate surface area is 202 Å². The molecule has 0 saturated carbocycles. The zero-order valence-electron chi connectivity index (χ0n) is 19.8. The second kappa shape index (κ2) is 8.13. The number of carbonyl (C=O) groups excluding carboxylic acids is 3. The van der Waals surface area contributed by atoms with Gasteiger partial charge in [-0.25, -0.2) is 0 Å². The first kappa shape index (κ1) is 22.4. The van der Waals surface area contributed by atoms with E-state index < -0.39 is 17.4 Å². The Hall–Kier alpha value is -4.39. The van der Waals surface area contributed by atoms with Crippen LogP contribution in [0.15, 0.2) is 71.1 Å². The van der Waals surface area contributed by atoms with Crippen LogP contribution >= 0.6 is 0 Å². The number of nitrogens with zero attached hydrogens (tertiary/aromatic N) is 1. The van der Waals surface area contributed by atoms with Crippen LogP contribution in [0.5, 0.6) is 5.75 Å². The molecule has 2 heterocycles. The molecule has 0 spiro atoms. The number of para-hydroxylation sites is 1. The number of ketones is 1. The van der Waals surface area contributed by atoms with E-state index in [4.69, 9.17) is 9.15 Å². The van der Waals surface area contributed by atoms with Crippen LogP contribution in [0, 0.1) is 13.8 Å². The highest BCUT2D eigenvalue weighted by Gasteiger charge is 2.50. The zero-order valence-corrected chi connectivity index (χ0v) is 19.8. The summed E-state index contributed by atoms with van der Waals surface area (Å²) in [5.41, 5.74) is 1.78. The highest BCUT2D eigenvalue weighted by molar-refractivity contribution is 6.23. The summed E-state index contributed by atoms with van der Waals surface area (Å²) in [6, 6.07) is 19.5. The molecule has 5 rings (SSSR count). The van der Waals surface area contributed by atoms with Gasteiger partial charge in [0, 0.05) is 18.0 Å². The lowest BCUT2D eigenvalue weighted by Gasteiger charge is -2.38. The number of carbonyl (C=O) groups is 3. The van der Waals surface area contributed by atoms with E-state index in [1.165, 1.54) is 11.8 Å². The Morgan fingerprint density at radius 3 is 2.37 bits per heavy atom. The summed E-state index contributed by atoms with van der Waals surface area (Å²) in [4.78, 5) is 41.6. The third kappa shape index (κ3) is 3.65. The standard InChI is InChI=1S/C28H24N2O5/c1-16-9-12-18(13-10-16)24(31)25-23(19-7-5-6-8-21(19)34-25)29-26(32)28(3)27(33)30(4)20-15-17(2)11-14-22(20)35-28/h5-15H,1-4H3,(H,29,32). The molecule has 1 aliphatic heterocycles. The summed E-state index contributed by atoms with van der Waals surface area (Å²) in [7, 11) is 1.61. The van der Waals surface area contributed by atoms with Crippen molar-refractivity contribution < 1.29 is 23.5 Å². The van der Waals surface area contributed by atoms with Crippen LogP contribution in [-0.4, -0.2) is 30.2 Å². The molecule has 35 heavy (non-hydrogen) atoms. The lowest BCUT2D eigenvalue weighted by Crippen LogP contribution is -2.59. The van der Waals surface area contributed by atoms with Crippen molar-refractivity contribution in [2.75, 3.05) is 17.3 Å². The van der Waals surface area contributed by atoms with Gasteiger partial charge in [-0.15, -0.1) is 0 Å². The fourth-order valence-corrected chi connectivity index (χ4v) is 4.21. The van der Waals surface area contributed by atoms with Gasteiger partial charge >= 0.3 is 0 Å². The van der Waals surface area contributed by atoms with E-state index in [1.807, 2.05) is 38.1 Å². The third-order valence-corrected chi connectivity index (χ3v) is 6.29. The minimum absolute atomic E-state index is 0.0142. The number of benzene rings is 3. The average Bonchev–Trinajstić information content (AvgIpc) is 3.21. The normalized spacial score (nSPS) is 17.1. The second-order valence-electron chi connectivity index (χ2n) is 8.92. The summed E-state index contributed by atoms with van der Waals surface area (Å²) in [6.45, 7) is 5.27. The number of fused-ring (bicyclic) bond motifs is 2. The second-order valence-corrected chi connectivity index (χ2v) is 8.92. The van der Waals surface area contributed by atoms with Crippen LogP contribution < -0.4 is 15.0 Å². The highest BCUT2D eigenvalue weighted by Crippen LogP contribution is 2.39. The average molecular weight is 469 g/mol. The molecule has 3 aromatic carbocycles. The van der Waals surface area contributed by atoms with Crippen LogP contribution in [0.3, 0.4) is 0 Å². The minimum atomic E-state index is -1.85. The number of nitrogens with one attached hydrogen (secondary N) is 1. The maximum atomic E-state index is 13.6. The fraction of sp³-hybridized carbons (Fsp3) is 0.179. The summed E-state index contributed by atoms with van der Waals surface area (Å²) in [5, 5.41) is 3.32. The Morgan fingerprint density at radius 1 is 0.943 bits per heavy atom. The smallest absolute Gasteiger partial charge is 0.280 e. The summed E-state index contributed by atoms with van der Waals surface area (Å²) < 4.78 is 11.8. The van der Waals surface area contributed by atoms with Crippen molar-refractivity contribution in [3.8, 4) is 5.75 Å². The first-order valence-electron chi connectivity index (χ1n) is 11.2. The predicted octanol–water partition coefficient (Wildman–Crippen LogP) is 5.03. The molecular weight excluding hydrogens is 444 g/mol. The van der Waals surface area contributed by atoms with Crippen LogP contribution in [0.1, 0.15) is 34.2 Å². The van der Waals surface area contributed by atoms with E-state index in [-0.39, 0.29) is 17.2 Å². The molecule has 0 fully saturated rings. The first-order valence-corrected chi connectivity index (χ1v) is 11.2. The van der Waals surface area contributed by atoms with Gasteiger partial charge in [0.15, 0.2) is 5.76 Å². The van der Waals surface area contributed by atoms with Crippen molar-refractivity contribution in [2.24, 2.45) is 0 Å². The maximum absolute atomic E-state index is 13.6. The lowest BCUT2D eigenvalue weighted by molar-refractivity contribution is -0.144. The first-order chi connectivity index (χ1) is 16.7. The van der Waals surface area contributed by atoms with E-state index in [2.05, 4.69) is 5.32 Å². The van der Waals surface area contributed by atoms with E-state index >= 15 is 0 Å². The van der Waals surface area contributed by atoms with Gasteiger partial charge in [-0.1, -0.05) is 48.0 Å². The van der Waals surface area contributed by atoms with Gasteiger partial charge < -0.3 is 19.4 Å². The topological polar surface area (TPSA) is 88.8 Å². The Balaban J connectivity index is 1.55. The van der Waals surface area contributed by atoms with E-state index in [0.29, 0.717) is 28.0 Å². The highest BCUT2D eigenvalue weighted by atomic mass is 16.5. The molecule has 7 heteroatoms. The number of aryl methyl sites for hydroxylation is 2. The molecule has 0 bridgehead atoms. The molecule has 176 valence electrons. The number of amides is 2. The van der Waals surface area contributed by atoms with E-state index in [1.54, 1.807) is 49.5 Å². The molecule has 1 aromatic heterocycles. The van der Waals surface area contributed by atoms with Gasteiger partial charge in [0.1, 0.15) is 11.3 Å². The van der Waals surface area contributed by atoms with Crippen molar-refractivity contribution in [1.82, 2.24) is 0 Å². The molecule has 1 N–H and O–H groups in total. The number of anilines is 2. The Kier molecular flexibility index (Phi) is 5.20. The quantitative estimate of drug-likeness (QED) is 0.335. The van der Waals surface area contributed by atoms with Gasteiger partial charge in [-0.3, -0.25) is 14.4 Å². The molecule has 7 nitrogen and oxygen atoms in total. The van der Waals surface area contributed by atoms with Gasteiger partial charge in [-0.2, -0.15) is 0 Å². The predicted molar refractivity (Wildman–Crippen MR) is 133 cm³/mol. The SMILES string of the molecule is Cc1ccc(C(=O)c2oc3ccccc3c2NC(=O)C2(C)Oc3ccc(C)cc3N(C)C2=O)cc1. The Bertz CT molecular complexity index is 1500. The summed E-state index contributed by atoms with van der Waals surface area (Å²) >= 11 is 0. The van der Waals surface area contributed by atoms with Crippen molar-refractivity contribution in [3.63, 3.8) is 0 Å². The molecule has 1 aliphatic rings. The number of furan rings is 1. The summed E-state index contributed by atoms with van der Waals surface area (Å²) in [6.07, 6.45) is 0. The van der Waals surface area contributed by atoms with Gasteiger partial charge in [0.2, 0.25) is 5.78 Å². The van der Waals surface area contributed by atoms with Gasteiger partial charge in [-0.05, 0) is 50.6 Å². The van der Waals surface area contributed by atoms with Crippen LogP contribution in [0.4, 0.5) is 11.4 Å². The minimum Gasteiger partial charge on any atom is -0.465 e.